The van der Waals surface area contributed by atoms with Crippen molar-refractivity contribution in [1.29, 1.82) is 0 Å². The van der Waals surface area contributed by atoms with Gasteiger partial charge in [-0.25, -0.2) is 9.13 Å². The molecular weight excluding hydrogens is 664 g/mol. The Morgan fingerprint density at radius 3 is 1.98 bits per heavy atom. The van der Waals surface area contributed by atoms with E-state index >= 15 is 0 Å². The SMILES string of the molecule is CN1C(=CC=Cc2n(Cc3ccc(CCl)cc3)c3cc(Cl)c(Cl)cc3[n+]2Cc2ccc(CCl)cc2)C(C)(C)c2ccccc21.[Cl-]. The molecule has 0 bridgehead atoms. The Labute approximate surface area is 291 Å². The van der Waals surface area contributed by atoms with E-state index in [1.165, 1.54) is 28.1 Å². The molecule has 0 saturated carbocycles. The Bertz CT molecular complexity index is 1790. The molecule has 0 radical (unpaired) electrons. The maximum absolute atomic E-state index is 6.62. The van der Waals surface area contributed by atoms with E-state index in [0.29, 0.717) is 34.9 Å². The maximum Gasteiger partial charge on any atom is 0.282 e. The minimum Gasteiger partial charge on any atom is -1.00 e. The van der Waals surface area contributed by atoms with Gasteiger partial charge in [0.1, 0.15) is 13.1 Å². The zero-order chi connectivity index (χ0) is 31.0. The number of para-hydroxylation sites is 1. The van der Waals surface area contributed by atoms with Crippen LogP contribution < -0.4 is 21.9 Å². The number of alkyl halides is 2. The monoisotopic (exact) mass is 695 g/mol. The Kier molecular flexibility index (Phi) is 10.3. The molecule has 1 aliphatic rings. The van der Waals surface area contributed by atoms with E-state index in [2.05, 4.69) is 126 Å². The van der Waals surface area contributed by atoms with Crippen molar-refractivity contribution in [2.75, 3.05) is 11.9 Å². The number of aromatic nitrogens is 2. The average Bonchev–Trinajstić information content (AvgIpc) is 3.40. The molecule has 0 N–H and O–H groups in total. The number of rotatable bonds is 8. The molecule has 1 aromatic heterocycles. The van der Waals surface area contributed by atoms with Crippen molar-refractivity contribution in [1.82, 2.24) is 4.57 Å². The molecule has 0 unspecified atom stereocenters. The van der Waals surface area contributed by atoms with Crippen molar-refractivity contribution in [2.45, 2.75) is 44.1 Å². The number of anilines is 1. The van der Waals surface area contributed by atoms with Gasteiger partial charge in [-0.1, -0.05) is 110 Å². The van der Waals surface area contributed by atoms with Crippen LogP contribution in [0.2, 0.25) is 10.0 Å². The van der Waals surface area contributed by atoms with Gasteiger partial charge in [-0.05, 0) is 40.0 Å². The molecule has 0 spiro atoms. The number of allylic oxidation sites excluding steroid dienone is 3. The normalized spacial score (nSPS) is 14.8. The molecule has 0 atom stereocenters. The number of fused-ring (bicyclic) bond motifs is 2. The zero-order valence-corrected chi connectivity index (χ0v) is 29.2. The number of likely N-dealkylation sites (N-methyl/N-ethyl adjacent to an activating group) is 1. The van der Waals surface area contributed by atoms with E-state index in [1.54, 1.807) is 0 Å². The van der Waals surface area contributed by atoms with Crippen LogP contribution in [-0.2, 0) is 30.3 Å². The van der Waals surface area contributed by atoms with Gasteiger partial charge >= 0.3 is 0 Å². The average molecular weight is 698 g/mol. The van der Waals surface area contributed by atoms with Crippen molar-refractivity contribution in [3.05, 3.63) is 146 Å². The number of halogens is 5. The predicted molar refractivity (Wildman–Crippen MR) is 187 cm³/mol. The lowest BCUT2D eigenvalue weighted by atomic mass is 9.84. The molecule has 0 fully saturated rings. The van der Waals surface area contributed by atoms with E-state index in [4.69, 9.17) is 46.4 Å². The van der Waals surface area contributed by atoms with Crippen LogP contribution in [0.15, 0.2) is 103 Å². The van der Waals surface area contributed by atoms with Gasteiger partial charge in [0.25, 0.3) is 5.82 Å². The second kappa shape index (κ2) is 13.8. The van der Waals surface area contributed by atoms with Crippen LogP contribution in [0.3, 0.4) is 0 Å². The van der Waals surface area contributed by atoms with Crippen LogP contribution in [0.25, 0.3) is 17.1 Å². The smallest absolute Gasteiger partial charge is 0.282 e. The largest absolute Gasteiger partial charge is 1.00 e. The van der Waals surface area contributed by atoms with Crippen LogP contribution >= 0.6 is 46.4 Å². The lowest BCUT2D eigenvalue weighted by Gasteiger charge is -2.23. The third-order valence-corrected chi connectivity index (χ3v) is 9.97. The van der Waals surface area contributed by atoms with Gasteiger partial charge in [0, 0.05) is 53.8 Å². The third kappa shape index (κ3) is 6.52. The molecule has 1 aliphatic heterocycles. The summed E-state index contributed by atoms with van der Waals surface area (Å²) in [5.41, 5.74) is 10.2. The molecule has 6 rings (SSSR count). The summed E-state index contributed by atoms with van der Waals surface area (Å²) in [7, 11) is 2.14. The summed E-state index contributed by atoms with van der Waals surface area (Å²) in [4.78, 5) is 2.29. The summed E-state index contributed by atoms with van der Waals surface area (Å²) in [6.07, 6.45) is 6.59. The van der Waals surface area contributed by atoms with Gasteiger partial charge in [-0.2, -0.15) is 0 Å². The number of nitrogens with zero attached hydrogens (tertiary/aromatic N) is 3. The molecule has 8 heteroatoms. The second-order valence-electron chi connectivity index (χ2n) is 11.8. The molecule has 0 aliphatic carbocycles. The van der Waals surface area contributed by atoms with Gasteiger partial charge in [0.2, 0.25) is 0 Å². The molecule has 5 aromatic rings. The van der Waals surface area contributed by atoms with Gasteiger partial charge in [0.05, 0.1) is 10.0 Å². The number of hydrogen-bond acceptors (Lipinski definition) is 1. The highest BCUT2D eigenvalue weighted by molar-refractivity contribution is 6.42. The first-order valence-electron chi connectivity index (χ1n) is 14.6. The Balaban J connectivity index is 0.00000400. The van der Waals surface area contributed by atoms with E-state index in [0.717, 1.165) is 28.0 Å². The lowest BCUT2D eigenvalue weighted by molar-refractivity contribution is -0.665. The highest BCUT2D eigenvalue weighted by Gasteiger charge is 2.37. The third-order valence-electron chi connectivity index (χ3n) is 8.63. The van der Waals surface area contributed by atoms with Gasteiger partial charge in [-0.15, -0.1) is 23.2 Å². The van der Waals surface area contributed by atoms with Crippen molar-refractivity contribution < 1.29 is 17.0 Å². The number of hydrogen-bond donors (Lipinski definition) is 0. The van der Waals surface area contributed by atoms with Gasteiger partial charge in [-0.3, -0.25) is 0 Å². The second-order valence-corrected chi connectivity index (χ2v) is 13.1. The van der Waals surface area contributed by atoms with Crippen LogP contribution in [0.1, 0.15) is 47.5 Å². The van der Waals surface area contributed by atoms with E-state index in [-0.39, 0.29) is 17.8 Å². The van der Waals surface area contributed by atoms with E-state index < -0.39 is 0 Å². The first-order valence-corrected chi connectivity index (χ1v) is 16.4. The summed E-state index contributed by atoms with van der Waals surface area (Å²) in [5, 5.41) is 1.05. The summed E-state index contributed by atoms with van der Waals surface area (Å²) in [5.74, 6) is 2.01. The van der Waals surface area contributed by atoms with Crippen LogP contribution in [-0.4, -0.2) is 11.6 Å². The minimum atomic E-state index is -0.117. The highest BCUT2D eigenvalue weighted by Crippen LogP contribution is 2.46. The number of imidazole rings is 1. The Morgan fingerprint density at radius 2 is 1.36 bits per heavy atom. The van der Waals surface area contributed by atoms with Crippen LogP contribution in [0, 0.1) is 0 Å². The molecule has 3 nitrogen and oxygen atoms in total. The first-order chi connectivity index (χ1) is 21.2. The van der Waals surface area contributed by atoms with E-state index in [1.807, 2.05) is 12.1 Å². The van der Waals surface area contributed by atoms with Gasteiger partial charge in [0.15, 0.2) is 11.0 Å². The topological polar surface area (TPSA) is 12.1 Å². The Hall–Kier alpha value is -2.92. The Morgan fingerprint density at radius 1 is 0.778 bits per heavy atom. The maximum atomic E-state index is 6.62. The fourth-order valence-corrected chi connectivity index (χ4v) is 6.89. The zero-order valence-electron chi connectivity index (χ0n) is 25.4. The van der Waals surface area contributed by atoms with E-state index in [9.17, 15) is 0 Å². The molecule has 232 valence electrons. The summed E-state index contributed by atoms with van der Waals surface area (Å²) in [6, 6.07) is 29.5. The van der Waals surface area contributed by atoms with Crippen molar-refractivity contribution in [2.24, 2.45) is 0 Å². The van der Waals surface area contributed by atoms with Crippen LogP contribution in [0.5, 0.6) is 0 Å². The quantitative estimate of drug-likeness (QED) is 0.124. The lowest BCUT2D eigenvalue weighted by Crippen LogP contribution is -3.00. The van der Waals surface area contributed by atoms with Crippen molar-refractivity contribution >= 4 is 69.2 Å². The predicted octanol–water partition coefficient (Wildman–Crippen LogP) is 7.14. The van der Waals surface area contributed by atoms with Gasteiger partial charge < -0.3 is 17.3 Å². The molecular formula is C37H34Cl5N3. The molecule has 45 heavy (non-hydrogen) atoms. The standard InChI is InChI=1S/C37H34Cl4N3.ClH/c1-37(2)29-7-4-5-8-32(29)42(3)35(37)9-6-10-36-43(23-27-15-11-25(21-38)12-16-27)33-19-30(40)31(41)20-34(33)44(36)24-28-17-13-26(22-39)14-18-28;/h4-20H,21-24H2,1-3H3;1H/q+1;/p-1. The van der Waals surface area contributed by atoms with Crippen LogP contribution in [0.4, 0.5) is 5.69 Å². The fraction of sp³-hybridized carbons (Fsp3) is 0.216. The molecule has 0 amide bonds. The first kappa shape index (κ1) is 33.4. The summed E-state index contributed by atoms with van der Waals surface area (Å²) >= 11 is 25.4. The molecule has 0 saturated heterocycles. The number of benzene rings is 4. The van der Waals surface area contributed by atoms with Crippen molar-refractivity contribution in [3.8, 4) is 0 Å². The minimum absolute atomic E-state index is 0. The summed E-state index contributed by atoms with van der Waals surface area (Å²) < 4.78 is 4.63. The summed E-state index contributed by atoms with van der Waals surface area (Å²) in [6.45, 7) is 5.88. The molecule has 4 aromatic carbocycles. The fourth-order valence-electron chi connectivity index (χ4n) is 6.22. The molecule has 2 heterocycles. The highest BCUT2D eigenvalue weighted by atomic mass is 35.5. The van der Waals surface area contributed by atoms with Crippen molar-refractivity contribution in [3.63, 3.8) is 0 Å².